The second-order valence-electron chi connectivity index (χ2n) is 9.47. The number of hydrogen-bond acceptors (Lipinski definition) is 9. The van der Waals surface area contributed by atoms with Gasteiger partial charge in [0.25, 0.3) is 0 Å². The second-order valence-corrected chi connectivity index (χ2v) is 9.47. The Morgan fingerprint density at radius 1 is 0.559 bits per heavy atom. The van der Waals surface area contributed by atoms with Gasteiger partial charge < -0.3 is 24.4 Å². The Bertz CT molecular complexity index is 2940. The highest BCUT2D eigenvalue weighted by Gasteiger charge is 2.13. The minimum Gasteiger partial charge on any atom is -0.504 e. The average molecular weight is 831 g/mol. The summed E-state index contributed by atoms with van der Waals surface area (Å²) in [4.78, 5) is 55.6. The van der Waals surface area contributed by atoms with Crippen molar-refractivity contribution in [2.45, 2.75) is 26.7 Å². The molecule has 0 radical (unpaired) electrons. The number of hydrogen-bond donors (Lipinski definition) is 2. The summed E-state index contributed by atoms with van der Waals surface area (Å²) in [7, 11) is 0. The van der Waals surface area contributed by atoms with E-state index in [1.165, 1.54) is 36.4 Å². The van der Waals surface area contributed by atoms with Crippen LogP contribution in [0.15, 0.2) is 42.0 Å². The molecule has 1 aliphatic carbocycles. The molecule has 0 amide bonds. The van der Waals surface area contributed by atoms with Crippen LogP contribution in [0.4, 0.5) is 4.79 Å². The zero-order valence-corrected chi connectivity index (χ0v) is 31.0. The molecular weight excluding hydrogens is 749 g/mol. The highest BCUT2D eigenvalue weighted by molar-refractivity contribution is 6.46. The number of ketones is 2. The molecule has 2 N–H and O–H groups in total. The van der Waals surface area contributed by atoms with Crippen molar-refractivity contribution in [2.24, 2.45) is 0 Å². The van der Waals surface area contributed by atoms with E-state index in [-0.39, 0.29) is 73.9 Å². The van der Waals surface area contributed by atoms with Crippen LogP contribution >= 0.6 is 0 Å². The van der Waals surface area contributed by atoms with Crippen molar-refractivity contribution in [1.82, 2.24) is 0 Å². The van der Waals surface area contributed by atoms with Gasteiger partial charge in [0.1, 0.15) is 0 Å². The molecule has 2 rings (SSSR count). The lowest BCUT2D eigenvalue weighted by atomic mass is 10.0. The zero-order valence-electron chi connectivity index (χ0n) is 31.0. The van der Waals surface area contributed by atoms with Gasteiger partial charge in [0.2, 0.25) is 11.6 Å². The fourth-order valence-corrected chi connectivity index (χ4v) is 3.11. The monoisotopic (exact) mass is 831 g/mol. The van der Waals surface area contributed by atoms with Crippen molar-refractivity contribution < 1.29 is 91.2 Å². The van der Waals surface area contributed by atoms with Crippen LogP contribution in [0, 0.1) is 166 Å². The van der Waals surface area contributed by atoms with Crippen LogP contribution in [0.3, 0.4) is 0 Å². The number of rotatable bonds is 7. The first-order chi connectivity index (χ1) is 28.7. The molecule has 0 aliphatic heterocycles. The second kappa shape index (κ2) is 31.4. The molecule has 1 aromatic rings. The predicted octanol–water partition coefficient (Wildman–Crippen LogP) is 9.56. The van der Waals surface area contributed by atoms with Crippen molar-refractivity contribution >= 4 is 29.7 Å². The van der Waals surface area contributed by atoms with E-state index in [1.807, 2.05) is 0 Å². The molecule has 1 aromatic carbocycles. The number of carbonyl (C=O) groups excluding carboxylic acids is 4. The molecule has 338 valence electrons. The highest BCUT2D eigenvalue weighted by atomic mass is 16.7. The van der Waals surface area contributed by atoms with Crippen LogP contribution in [0.2, 0.25) is 0 Å². The minimum absolute atomic E-state index is 0. The molecule has 10 nitrogen and oxygen atoms in total. The average Bonchev–Trinajstić information content (AvgIpc) is 3.21. The number of phenols is 1. The SMILES string of the molecule is CC#CC#CC#CC#CC#CC#CC#CC(=O)OCCC1=CC(=O)C(=O)C=C1.CC#CC#CC#CC#CC#CC#CC#CC(=O)OCCc1ccc(O)c(OC(=O)O)c1.[HH].[HH].[HH].[HH].[HH].[HH].[HH].[HH].[HH].[HH].[HH].[HH].[HH].[HH].[HH].[HH].[HH].[HH].[HH].[HH].[HH].[HH].[HH].[HH].[HH].[HH].[HH].[HH].[HH].[HH]. The van der Waals surface area contributed by atoms with Gasteiger partial charge in [-0.05, 0) is 191 Å². The van der Waals surface area contributed by atoms with E-state index in [2.05, 4.69) is 171 Å². The molecule has 0 unspecified atom stereocenters. The maximum absolute atomic E-state index is 11.5. The summed E-state index contributed by atoms with van der Waals surface area (Å²) in [5.74, 6) is 64.9. The Kier molecular flexibility index (Phi) is 25.0. The van der Waals surface area contributed by atoms with E-state index in [0.29, 0.717) is 17.6 Å². The first kappa shape index (κ1) is 46.9. The van der Waals surface area contributed by atoms with E-state index in [0.717, 1.165) is 0 Å². The number of allylic oxidation sites excluding steroid dienone is 3. The van der Waals surface area contributed by atoms with Crippen LogP contribution in [0.1, 0.15) is 68.6 Å². The topological polar surface area (TPSA) is 154 Å². The minimum atomic E-state index is -1.55. The van der Waals surface area contributed by atoms with Gasteiger partial charge in [0.05, 0.1) is 13.2 Å². The molecule has 0 fully saturated rings. The van der Waals surface area contributed by atoms with E-state index in [1.54, 1.807) is 13.8 Å². The fourth-order valence-electron chi connectivity index (χ4n) is 3.11. The Morgan fingerprint density at radius 2 is 0.966 bits per heavy atom. The molecule has 0 bridgehead atoms. The van der Waals surface area contributed by atoms with E-state index in [4.69, 9.17) is 14.6 Å². The summed E-state index contributed by atoms with van der Waals surface area (Å²) in [6.45, 7) is 3.37. The maximum atomic E-state index is 11.5. The molecule has 0 atom stereocenters. The first-order valence-electron chi connectivity index (χ1n) is 16.0. The molecule has 0 spiro atoms. The number of aromatic hydroxyl groups is 1. The third-order valence-corrected chi connectivity index (χ3v) is 5.43. The number of esters is 2. The smallest absolute Gasteiger partial charge is 0.504 e. The van der Waals surface area contributed by atoms with Crippen molar-refractivity contribution in [3.63, 3.8) is 0 Å². The van der Waals surface area contributed by atoms with Crippen molar-refractivity contribution in [2.75, 3.05) is 13.2 Å². The molecule has 0 aromatic heterocycles. The van der Waals surface area contributed by atoms with Gasteiger partial charge in [-0.1, -0.05) is 24.0 Å². The quantitative estimate of drug-likeness (QED) is 0.0678. The standard InChI is InChI=1S/C25H12O6.C24H10O4.30H2/c1-2-3-4-5-6-7-8-9-10-11-12-13-14-15-24(27)30-19-18-21-16-17-22(26)23(20-21)31-25(28)29;1-2-3-4-5-6-7-8-9-10-11-12-13-14-15-24(27)28-19-18-21-16-17-22(25)23(26)20-21;;;;;;;;;;;;;;;;;;;;;;;;;;;;;;/h16-17,20,26H,18-19H2,1H3,(H,28,29);16-17,20H,18-19H2,1H3;30*1H. The molecule has 59 heavy (non-hydrogen) atoms. The van der Waals surface area contributed by atoms with Gasteiger partial charge in [-0.25, -0.2) is 14.4 Å². The summed E-state index contributed by atoms with van der Waals surface area (Å²) in [5, 5.41) is 18.1. The molecule has 10 heteroatoms. The van der Waals surface area contributed by atoms with Gasteiger partial charge >= 0.3 is 18.1 Å². The summed E-state index contributed by atoms with van der Waals surface area (Å²) in [6.07, 6.45) is 2.93. The van der Waals surface area contributed by atoms with Crippen molar-refractivity contribution in [3.8, 4) is 177 Å². The maximum Gasteiger partial charge on any atom is 0.511 e. The Hall–Kier alpha value is -10.1. The Morgan fingerprint density at radius 3 is 1.37 bits per heavy atom. The third kappa shape index (κ3) is 26.3. The van der Waals surface area contributed by atoms with Gasteiger partial charge in [-0.3, -0.25) is 9.59 Å². The van der Waals surface area contributed by atoms with Crippen LogP contribution in [-0.2, 0) is 35.1 Å². The van der Waals surface area contributed by atoms with E-state index in [9.17, 15) is 29.1 Å². The molecule has 0 heterocycles. The summed E-state index contributed by atoms with van der Waals surface area (Å²) in [6, 6.07) is 4.15. The number of carboxylic acid groups (broad SMARTS) is 1. The third-order valence-electron chi connectivity index (χ3n) is 5.43. The van der Waals surface area contributed by atoms with Gasteiger partial charge in [0.15, 0.2) is 11.5 Å². The van der Waals surface area contributed by atoms with Gasteiger partial charge in [-0.15, -0.1) is 0 Å². The first-order valence-corrected chi connectivity index (χ1v) is 16.0. The molecule has 0 saturated carbocycles. The largest absolute Gasteiger partial charge is 0.511 e. The van der Waals surface area contributed by atoms with E-state index >= 15 is 0 Å². The number of benzene rings is 1. The molecular formula is C49H82O10. The van der Waals surface area contributed by atoms with Crippen molar-refractivity contribution in [1.29, 1.82) is 0 Å². The lowest BCUT2D eigenvalue weighted by Crippen LogP contribution is -2.12. The van der Waals surface area contributed by atoms with Crippen LogP contribution in [-0.4, -0.2) is 53.1 Å². The molecule has 1 aliphatic rings. The Labute approximate surface area is 386 Å². The highest BCUT2D eigenvalue weighted by Crippen LogP contribution is 2.27. The normalized spacial score (nSPS) is 8.34. The van der Waals surface area contributed by atoms with Crippen LogP contribution in [0.25, 0.3) is 0 Å². The number of phenolic OH excluding ortho intramolecular Hbond substituents is 1. The summed E-state index contributed by atoms with van der Waals surface area (Å²) >= 11 is 0. The van der Waals surface area contributed by atoms with Gasteiger partial charge in [0, 0.05) is 67.5 Å². The summed E-state index contributed by atoms with van der Waals surface area (Å²) < 4.78 is 14.2. The van der Waals surface area contributed by atoms with Gasteiger partial charge in [-0.2, -0.15) is 0 Å². The number of ether oxygens (including phenoxy) is 3. The van der Waals surface area contributed by atoms with Crippen LogP contribution in [0.5, 0.6) is 11.5 Å². The lowest BCUT2D eigenvalue weighted by molar-refractivity contribution is -0.137. The van der Waals surface area contributed by atoms with Crippen LogP contribution < -0.4 is 4.74 Å². The predicted molar refractivity (Wildman–Crippen MR) is 278 cm³/mol. The van der Waals surface area contributed by atoms with Crippen molar-refractivity contribution in [3.05, 3.63) is 47.6 Å². The molecule has 0 saturated heterocycles. The summed E-state index contributed by atoms with van der Waals surface area (Å²) in [5.41, 5.74) is 1.20. The number of carbonyl (C=O) groups is 5. The Balaban J connectivity index is -0.0000000209. The van der Waals surface area contributed by atoms with E-state index < -0.39 is 29.7 Å². The lowest BCUT2D eigenvalue weighted by Gasteiger charge is -2.06. The fraction of sp³-hybridized carbons (Fsp3) is 0.122. The zero-order chi connectivity index (χ0) is 43.2.